The van der Waals surface area contributed by atoms with Gasteiger partial charge < -0.3 is 15.5 Å². The fourth-order valence-electron chi connectivity index (χ4n) is 3.90. The molecule has 3 rings (SSSR count). The van der Waals surface area contributed by atoms with Crippen LogP contribution in [-0.4, -0.2) is 57.7 Å². The van der Waals surface area contributed by atoms with Gasteiger partial charge in [0.15, 0.2) is 0 Å². The summed E-state index contributed by atoms with van der Waals surface area (Å²) in [5.74, 6) is 1.59. The number of hydrogen-bond donors (Lipinski definition) is 2. The van der Waals surface area contributed by atoms with Gasteiger partial charge in [0.05, 0.1) is 0 Å². The molecular weight excluding hydrogens is 314 g/mol. The summed E-state index contributed by atoms with van der Waals surface area (Å²) in [5, 5.41) is 5.89. The number of hydrogen-bond acceptors (Lipinski definition) is 3. The Labute approximate surface area is 140 Å². The predicted molar refractivity (Wildman–Crippen MR) is 89.5 cm³/mol. The van der Waals surface area contributed by atoms with Crippen LogP contribution in [0, 0.1) is 5.92 Å². The van der Waals surface area contributed by atoms with E-state index in [1.165, 1.54) is 6.42 Å². The van der Waals surface area contributed by atoms with Gasteiger partial charge in [-0.2, -0.15) is 0 Å². The number of amides is 3. The van der Waals surface area contributed by atoms with Crippen molar-refractivity contribution in [3.8, 4) is 0 Å². The number of nitrogens with zero attached hydrogens (tertiary/aromatic N) is 1. The molecule has 0 radical (unpaired) electrons. The monoisotopic (exact) mass is 341 g/mol. The Morgan fingerprint density at radius 3 is 2.39 bits per heavy atom. The zero-order valence-electron chi connectivity index (χ0n) is 13.6. The van der Waals surface area contributed by atoms with Crippen molar-refractivity contribution in [2.24, 2.45) is 5.92 Å². The normalized spacial score (nSPS) is 34.3. The molecule has 23 heavy (non-hydrogen) atoms. The van der Waals surface area contributed by atoms with Crippen LogP contribution in [0.3, 0.4) is 0 Å². The molecule has 0 aromatic heterocycles. The minimum atomic E-state index is -0.781. The van der Waals surface area contributed by atoms with E-state index >= 15 is 0 Å². The molecule has 0 spiro atoms. The molecule has 3 amide bonds. The number of urea groups is 1. The minimum absolute atomic E-state index is 0.0306. The van der Waals surface area contributed by atoms with Crippen LogP contribution in [0.5, 0.6) is 0 Å². The van der Waals surface area contributed by atoms with Crippen molar-refractivity contribution in [2.75, 3.05) is 24.6 Å². The van der Waals surface area contributed by atoms with Crippen LogP contribution in [0.4, 0.5) is 4.79 Å². The van der Waals surface area contributed by atoms with Crippen molar-refractivity contribution in [1.82, 2.24) is 15.5 Å². The second-order valence-corrected chi connectivity index (χ2v) is 8.63. The van der Waals surface area contributed by atoms with Gasteiger partial charge >= 0.3 is 6.03 Å². The highest BCUT2D eigenvalue weighted by atomic mass is 32.2. The van der Waals surface area contributed by atoms with Crippen LogP contribution in [0.15, 0.2) is 0 Å². The van der Waals surface area contributed by atoms with Crippen molar-refractivity contribution >= 4 is 22.7 Å². The van der Waals surface area contributed by atoms with Crippen LogP contribution in [-0.2, 0) is 15.6 Å². The van der Waals surface area contributed by atoms with Gasteiger partial charge in [-0.25, -0.2) is 4.79 Å². The molecule has 130 valence electrons. The summed E-state index contributed by atoms with van der Waals surface area (Å²) in [6.45, 7) is 1.79. The first-order valence-electron chi connectivity index (χ1n) is 8.82. The Kier molecular flexibility index (Phi) is 5.56. The molecule has 1 aliphatic carbocycles. The van der Waals surface area contributed by atoms with Gasteiger partial charge in [-0.15, -0.1) is 0 Å². The van der Waals surface area contributed by atoms with E-state index in [1.807, 2.05) is 4.90 Å². The Hall–Kier alpha value is -1.11. The Morgan fingerprint density at radius 1 is 0.957 bits per heavy atom. The molecule has 7 heteroatoms. The average Bonchev–Trinajstić information content (AvgIpc) is 3.16. The number of rotatable bonds is 3. The van der Waals surface area contributed by atoms with E-state index in [-0.39, 0.29) is 29.9 Å². The third kappa shape index (κ3) is 4.46. The maximum absolute atomic E-state index is 12.5. The summed E-state index contributed by atoms with van der Waals surface area (Å²) in [6.07, 6.45) is 6.74. The van der Waals surface area contributed by atoms with Gasteiger partial charge in [-0.3, -0.25) is 9.00 Å². The first kappa shape index (κ1) is 16.7. The maximum atomic E-state index is 12.5. The summed E-state index contributed by atoms with van der Waals surface area (Å²) in [7, 11) is -0.781. The van der Waals surface area contributed by atoms with E-state index in [2.05, 4.69) is 10.6 Å². The Morgan fingerprint density at radius 2 is 1.70 bits per heavy atom. The third-order valence-electron chi connectivity index (χ3n) is 5.20. The van der Waals surface area contributed by atoms with Crippen LogP contribution < -0.4 is 10.6 Å². The lowest BCUT2D eigenvalue weighted by atomic mass is 10.0. The van der Waals surface area contributed by atoms with Crippen LogP contribution >= 0.6 is 0 Å². The third-order valence-corrected chi connectivity index (χ3v) is 6.67. The zero-order chi connectivity index (χ0) is 16.2. The molecule has 0 unspecified atom stereocenters. The van der Waals surface area contributed by atoms with Gasteiger partial charge in [0.1, 0.15) is 0 Å². The molecule has 0 aromatic rings. The van der Waals surface area contributed by atoms with Crippen LogP contribution in [0.25, 0.3) is 0 Å². The smallest absolute Gasteiger partial charge is 0.315 e. The molecule has 1 saturated carbocycles. The number of piperidine rings is 1. The molecule has 2 heterocycles. The van der Waals surface area contributed by atoms with Crippen LogP contribution in [0.2, 0.25) is 0 Å². The van der Waals surface area contributed by atoms with Gasteiger partial charge in [-0.05, 0) is 44.9 Å². The lowest BCUT2D eigenvalue weighted by Crippen LogP contribution is -2.46. The van der Waals surface area contributed by atoms with E-state index in [9.17, 15) is 13.8 Å². The molecule has 0 bridgehead atoms. The molecule has 4 atom stereocenters. The SMILES string of the molecule is O=C(N[C@H]1CC[C@@H](C(=O)N2CCCCC2)C1)N[C@H]1CC[S@@](=O)C1. The fourth-order valence-corrected chi connectivity index (χ4v) is 5.31. The Balaban J connectivity index is 1.41. The summed E-state index contributed by atoms with van der Waals surface area (Å²) < 4.78 is 11.3. The number of carbonyl (C=O) groups is 2. The predicted octanol–water partition coefficient (Wildman–Crippen LogP) is 0.988. The summed E-state index contributed by atoms with van der Waals surface area (Å²) in [5.41, 5.74) is 0. The summed E-state index contributed by atoms with van der Waals surface area (Å²) >= 11 is 0. The fraction of sp³-hybridized carbons (Fsp3) is 0.875. The van der Waals surface area contributed by atoms with Crippen molar-refractivity contribution in [1.29, 1.82) is 0 Å². The molecule has 3 fully saturated rings. The van der Waals surface area contributed by atoms with Crippen LogP contribution in [0.1, 0.15) is 44.9 Å². The van der Waals surface area contributed by atoms with E-state index in [0.29, 0.717) is 11.5 Å². The lowest BCUT2D eigenvalue weighted by molar-refractivity contribution is -0.136. The van der Waals surface area contributed by atoms with Gasteiger partial charge in [0.25, 0.3) is 0 Å². The van der Waals surface area contributed by atoms with Crippen molar-refractivity contribution in [3.05, 3.63) is 0 Å². The highest BCUT2D eigenvalue weighted by molar-refractivity contribution is 7.85. The van der Waals surface area contributed by atoms with E-state index in [0.717, 1.165) is 51.6 Å². The highest BCUT2D eigenvalue weighted by Gasteiger charge is 2.34. The first-order chi connectivity index (χ1) is 11.1. The largest absolute Gasteiger partial charge is 0.342 e. The molecule has 2 N–H and O–H groups in total. The molecule has 2 aliphatic heterocycles. The standard InChI is InChI=1S/C16H27N3O3S/c20-15(19-7-2-1-3-8-19)12-4-5-13(10-12)17-16(21)18-14-6-9-23(22)11-14/h12-14H,1-11H2,(H2,17,18,21)/t12-,13+,14+,23-/m1/s1. The molecule has 3 aliphatic rings. The molecule has 6 nitrogen and oxygen atoms in total. The minimum Gasteiger partial charge on any atom is -0.342 e. The average molecular weight is 341 g/mol. The molecular formula is C16H27N3O3S. The van der Waals surface area contributed by atoms with Crippen molar-refractivity contribution in [2.45, 2.75) is 57.0 Å². The number of likely N-dealkylation sites (tertiary alicyclic amines) is 1. The second-order valence-electron chi connectivity index (χ2n) is 7.01. The lowest BCUT2D eigenvalue weighted by Gasteiger charge is -2.29. The molecule has 0 aromatic carbocycles. The topological polar surface area (TPSA) is 78.5 Å². The molecule has 2 saturated heterocycles. The number of nitrogens with one attached hydrogen (secondary N) is 2. The van der Waals surface area contributed by atoms with Gasteiger partial charge in [0, 0.05) is 53.4 Å². The van der Waals surface area contributed by atoms with E-state index in [1.54, 1.807) is 0 Å². The summed E-state index contributed by atoms with van der Waals surface area (Å²) in [4.78, 5) is 26.5. The van der Waals surface area contributed by atoms with Crippen molar-refractivity contribution in [3.63, 3.8) is 0 Å². The van der Waals surface area contributed by atoms with Gasteiger partial charge in [0.2, 0.25) is 5.91 Å². The second kappa shape index (κ2) is 7.64. The quantitative estimate of drug-likeness (QED) is 0.803. The Bertz CT molecular complexity index is 479. The van der Waals surface area contributed by atoms with Gasteiger partial charge in [-0.1, -0.05) is 0 Å². The maximum Gasteiger partial charge on any atom is 0.315 e. The highest BCUT2D eigenvalue weighted by Crippen LogP contribution is 2.28. The zero-order valence-corrected chi connectivity index (χ0v) is 14.4. The van der Waals surface area contributed by atoms with E-state index < -0.39 is 10.8 Å². The van der Waals surface area contributed by atoms with E-state index in [4.69, 9.17) is 0 Å². The van der Waals surface area contributed by atoms with Crippen molar-refractivity contribution < 1.29 is 13.8 Å². The number of carbonyl (C=O) groups excluding carboxylic acids is 2. The summed E-state index contributed by atoms with van der Waals surface area (Å²) in [6, 6.07) is -0.0615. The first-order valence-corrected chi connectivity index (χ1v) is 10.3.